The van der Waals surface area contributed by atoms with Crippen molar-refractivity contribution in [3.63, 3.8) is 0 Å². The Morgan fingerprint density at radius 3 is 2.85 bits per heavy atom. The Hall–Kier alpha value is -1.38. The number of nitrogens with zero attached hydrogens (tertiary/aromatic N) is 1. The number of amides is 1. The molecule has 0 aliphatic rings. The van der Waals surface area contributed by atoms with Crippen molar-refractivity contribution in [2.24, 2.45) is 0 Å². The van der Waals surface area contributed by atoms with Gasteiger partial charge in [0.25, 0.3) is 0 Å². The van der Waals surface area contributed by atoms with E-state index in [1.807, 2.05) is 25.3 Å². The fraction of sp³-hybridized carbons (Fsp3) is 0.400. The highest BCUT2D eigenvalue weighted by Gasteiger charge is 1.94. The van der Waals surface area contributed by atoms with Gasteiger partial charge in [-0.2, -0.15) is 0 Å². The van der Waals surface area contributed by atoms with Crippen LogP contribution >= 0.6 is 0 Å². The normalized spacial score (nSPS) is 9.69. The summed E-state index contributed by atoms with van der Waals surface area (Å²) in [5, 5.41) is 2.74. The summed E-state index contributed by atoms with van der Waals surface area (Å²) in [7, 11) is 0. The van der Waals surface area contributed by atoms with E-state index < -0.39 is 0 Å². The summed E-state index contributed by atoms with van der Waals surface area (Å²) in [6.45, 7) is 4.16. The number of hydrogen-bond acceptors (Lipinski definition) is 2. The van der Waals surface area contributed by atoms with E-state index >= 15 is 0 Å². The number of hydrogen-bond donors (Lipinski definition) is 1. The summed E-state index contributed by atoms with van der Waals surface area (Å²) in [4.78, 5) is 14.7. The van der Waals surface area contributed by atoms with Gasteiger partial charge in [0, 0.05) is 25.4 Å². The van der Waals surface area contributed by atoms with Crippen LogP contribution in [0, 0.1) is 6.92 Å². The average molecular weight is 178 g/mol. The predicted molar refractivity (Wildman–Crippen MR) is 51.4 cm³/mol. The molecule has 3 nitrogen and oxygen atoms in total. The summed E-state index contributed by atoms with van der Waals surface area (Å²) >= 11 is 0. The summed E-state index contributed by atoms with van der Waals surface area (Å²) in [6, 6.07) is 4.01. The minimum Gasteiger partial charge on any atom is -0.356 e. The molecule has 0 aromatic carbocycles. The average Bonchev–Trinajstić information content (AvgIpc) is 2.08. The Bertz CT molecular complexity index is 279. The van der Waals surface area contributed by atoms with Gasteiger partial charge in [0.15, 0.2) is 0 Å². The number of pyridine rings is 1. The number of carbonyl (C=O) groups is 1. The molecule has 70 valence electrons. The second-order valence-electron chi connectivity index (χ2n) is 3.04. The standard InChI is InChI=1S/C10H14N2O/c1-8-3-4-10(7-12-8)5-6-11-9(2)13/h3-4,7H,5-6H2,1-2H3,(H,11,13). The molecule has 1 aromatic rings. The number of carbonyl (C=O) groups excluding carboxylic acids is 1. The molecule has 0 saturated heterocycles. The molecule has 13 heavy (non-hydrogen) atoms. The first kappa shape index (κ1) is 9.71. The third kappa shape index (κ3) is 3.69. The van der Waals surface area contributed by atoms with E-state index in [-0.39, 0.29) is 5.91 Å². The summed E-state index contributed by atoms with van der Waals surface area (Å²) in [5.41, 5.74) is 2.17. The highest BCUT2D eigenvalue weighted by Crippen LogP contribution is 1.99. The predicted octanol–water partition coefficient (Wildman–Crippen LogP) is 1.07. The molecule has 0 fully saturated rings. The van der Waals surface area contributed by atoms with Gasteiger partial charge >= 0.3 is 0 Å². The molecular formula is C10H14N2O. The van der Waals surface area contributed by atoms with Crippen molar-refractivity contribution in [2.75, 3.05) is 6.54 Å². The van der Waals surface area contributed by atoms with E-state index in [9.17, 15) is 4.79 Å². The van der Waals surface area contributed by atoms with Crippen molar-refractivity contribution >= 4 is 5.91 Å². The molecule has 1 heterocycles. The van der Waals surface area contributed by atoms with Gasteiger partial charge in [-0.25, -0.2) is 0 Å². The topological polar surface area (TPSA) is 42.0 Å². The van der Waals surface area contributed by atoms with Gasteiger partial charge in [0.2, 0.25) is 5.91 Å². The quantitative estimate of drug-likeness (QED) is 0.752. The van der Waals surface area contributed by atoms with Crippen molar-refractivity contribution < 1.29 is 4.79 Å². The zero-order valence-corrected chi connectivity index (χ0v) is 8.00. The maximum Gasteiger partial charge on any atom is 0.216 e. The van der Waals surface area contributed by atoms with Crippen LogP contribution in [0.4, 0.5) is 0 Å². The van der Waals surface area contributed by atoms with Crippen LogP contribution in [0.25, 0.3) is 0 Å². The summed E-state index contributed by atoms with van der Waals surface area (Å²) < 4.78 is 0. The lowest BCUT2D eigenvalue weighted by atomic mass is 10.2. The molecule has 3 heteroatoms. The van der Waals surface area contributed by atoms with Crippen LogP contribution in [-0.2, 0) is 11.2 Å². The van der Waals surface area contributed by atoms with Crippen molar-refractivity contribution in [1.29, 1.82) is 0 Å². The Morgan fingerprint density at radius 1 is 1.54 bits per heavy atom. The molecule has 0 atom stereocenters. The molecule has 0 radical (unpaired) electrons. The lowest BCUT2D eigenvalue weighted by Gasteiger charge is -2.01. The van der Waals surface area contributed by atoms with Gasteiger partial charge in [-0.15, -0.1) is 0 Å². The molecule has 1 aromatic heterocycles. The SMILES string of the molecule is CC(=O)NCCc1ccc(C)nc1. The van der Waals surface area contributed by atoms with Crippen LogP contribution in [0.15, 0.2) is 18.3 Å². The van der Waals surface area contributed by atoms with E-state index in [0.717, 1.165) is 17.7 Å². The molecule has 1 amide bonds. The zero-order valence-electron chi connectivity index (χ0n) is 8.00. The van der Waals surface area contributed by atoms with E-state index in [0.29, 0.717) is 6.54 Å². The Morgan fingerprint density at radius 2 is 2.31 bits per heavy atom. The third-order valence-corrected chi connectivity index (χ3v) is 1.76. The number of aromatic nitrogens is 1. The lowest BCUT2D eigenvalue weighted by Crippen LogP contribution is -2.22. The van der Waals surface area contributed by atoms with E-state index in [4.69, 9.17) is 0 Å². The molecule has 0 saturated carbocycles. The molecule has 0 spiro atoms. The largest absolute Gasteiger partial charge is 0.356 e. The monoisotopic (exact) mass is 178 g/mol. The van der Waals surface area contributed by atoms with Crippen LogP contribution < -0.4 is 5.32 Å². The van der Waals surface area contributed by atoms with Crippen LogP contribution in [0.1, 0.15) is 18.2 Å². The molecule has 0 aliphatic heterocycles. The minimum atomic E-state index is 0.0140. The van der Waals surface area contributed by atoms with Gasteiger partial charge in [-0.1, -0.05) is 6.07 Å². The van der Waals surface area contributed by atoms with Crippen molar-refractivity contribution in [2.45, 2.75) is 20.3 Å². The number of aryl methyl sites for hydroxylation is 1. The lowest BCUT2D eigenvalue weighted by molar-refractivity contribution is -0.118. The summed E-state index contributed by atoms with van der Waals surface area (Å²) in [5.74, 6) is 0.0140. The second kappa shape index (κ2) is 4.60. The molecule has 0 aliphatic carbocycles. The molecule has 1 N–H and O–H groups in total. The maximum atomic E-state index is 10.6. The second-order valence-corrected chi connectivity index (χ2v) is 3.04. The summed E-state index contributed by atoms with van der Waals surface area (Å²) in [6.07, 6.45) is 2.68. The van der Waals surface area contributed by atoms with Gasteiger partial charge in [0.1, 0.15) is 0 Å². The zero-order chi connectivity index (χ0) is 9.68. The molecular weight excluding hydrogens is 164 g/mol. The van der Waals surface area contributed by atoms with Crippen LogP contribution in [0.5, 0.6) is 0 Å². The Kier molecular flexibility index (Phi) is 3.43. The first-order valence-electron chi connectivity index (χ1n) is 4.34. The fourth-order valence-electron chi connectivity index (χ4n) is 1.03. The minimum absolute atomic E-state index is 0.0140. The Labute approximate surface area is 78.2 Å². The van der Waals surface area contributed by atoms with Gasteiger partial charge in [-0.05, 0) is 25.0 Å². The van der Waals surface area contributed by atoms with Gasteiger partial charge in [0.05, 0.1) is 0 Å². The first-order chi connectivity index (χ1) is 6.18. The van der Waals surface area contributed by atoms with Crippen molar-refractivity contribution in [1.82, 2.24) is 10.3 Å². The van der Waals surface area contributed by atoms with E-state index in [1.165, 1.54) is 6.92 Å². The third-order valence-electron chi connectivity index (χ3n) is 1.76. The Balaban J connectivity index is 2.37. The van der Waals surface area contributed by atoms with Gasteiger partial charge < -0.3 is 5.32 Å². The number of nitrogens with one attached hydrogen (secondary N) is 1. The highest BCUT2D eigenvalue weighted by atomic mass is 16.1. The molecule has 0 bridgehead atoms. The van der Waals surface area contributed by atoms with E-state index in [1.54, 1.807) is 0 Å². The van der Waals surface area contributed by atoms with Crippen LogP contribution in [0.3, 0.4) is 0 Å². The van der Waals surface area contributed by atoms with Crippen LogP contribution in [-0.4, -0.2) is 17.4 Å². The fourth-order valence-corrected chi connectivity index (χ4v) is 1.03. The van der Waals surface area contributed by atoms with E-state index in [2.05, 4.69) is 10.3 Å². The van der Waals surface area contributed by atoms with Crippen LogP contribution in [0.2, 0.25) is 0 Å². The van der Waals surface area contributed by atoms with Crippen molar-refractivity contribution in [3.05, 3.63) is 29.6 Å². The maximum absolute atomic E-state index is 10.6. The molecule has 0 unspecified atom stereocenters. The first-order valence-corrected chi connectivity index (χ1v) is 4.34. The highest BCUT2D eigenvalue weighted by molar-refractivity contribution is 5.72. The smallest absolute Gasteiger partial charge is 0.216 e. The molecule has 1 rings (SSSR count). The van der Waals surface area contributed by atoms with Gasteiger partial charge in [-0.3, -0.25) is 9.78 Å². The van der Waals surface area contributed by atoms with Crippen molar-refractivity contribution in [3.8, 4) is 0 Å². The number of rotatable bonds is 3.